The Balaban J connectivity index is 1.54. The summed E-state index contributed by atoms with van der Waals surface area (Å²) < 4.78 is 17.4. The number of phenolic OH excluding ortho intramolecular Hbond substituents is 1. The van der Waals surface area contributed by atoms with Crippen molar-refractivity contribution < 1.29 is 33.7 Å². The highest BCUT2D eigenvalue weighted by Crippen LogP contribution is 2.28. The number of ether oxygens (including phenoxy) is 3. The van der Waals surface area contributed by atoms with Crippen molar-refractivity contribution in [1.29, 1.82) is 0 Å². The molecule has 7 unspecified atom stereocenters. The number of hydrazine groups is 1. The summed E-state index contributed by atoms with van der Waals surface area (Å²) in [6.45, 7) is 17.4. The molecule has 0 spiro atoms. The second-order valence-electron chi connectivity index (χ2n) is 18.3. The lowest BCUT2D eigenvalue weighted by molar-refractivity contribution is -0.141. The van der Waals surface area contributed by atoms with Crippen molar-refractivity contribution in [2.75, 3.05) is 13.2 Å². The molecule has 2 heterocycles. The van der Waals surface area contributed by atoms with Crippen LogP contribution in [-0.4, -0.2) is 71.6 Å². The van der Waals surface area contributed by atoms with Gasteiger partial charge in [-0.05, 0) is 121 Å². The molecule has 8 atom stereocenters. The number of nitrogens with two attached hydrogens (primary N) is 2. The molecular weight excluding hydrogens is 807 g/mol. The quantitative estimate of drug-likeness (QED) is 0.0209. The second-order valence-corrected chi connectivity index (χ2v) is 18.3. The molecule has 1 aromatic carbocycles. The minimum absolute atomic E-state index is 0.0441. The summed E-state index contributed by atoms with van der Waals surface area (Å²) in [5.41, 5.74) is 10.1. The molecular formula is C52H79N5O7. The summed E-state index contributed by atoms with van der Waals surface area (Å²) in [5.74, 6) is 7.21. The van der Waals surface area contributed by atoms with Gasteiger partial charge in [0.1, 0.15) is 11.9 Å². The number of amides is 2. The van der Waals surface area contributed by atoms with Crippen molar-refractivity contribution in [3.63, 3.8) is 0 Å². The fraction of sp³-hybridized carbons (Fsp3) is 0.558. The summed E-state index contributed by atoms with van der Waals surface area (Å²) in [5, 5.41) is 17.4. The molecule has 0 aliphatic carbocycles. The van der Waals surface area contributed by atoms with E-state index in [0.29, 0.717) is 56.2 Å². The largest absolute Gasteiger partial charge is 0.508 e. The first-order chi connectivity index (χ1) is 30.5. The van der Waals surface area contributed by atoms with Crippen LogP contribution in [0.4, 0.5) is 4.79 Å². The van der Waals surface area contributed by atoms with Crippen molar-refractivity contribution in [1.82, 2.24) is 15.6 Å². The van der Waals surface area contributed by atoms with Gasteiger partial charge in [-0.15, -0.1) is 0 Å². The third-order valence-electron chi connectivity index (χ3n) is 11.4. The van der Waals surface area contributed by atoms with Crippen LogP contribution in [0.2, 0.25) is 0 Å². The third kappa shape index (κ3) is 21.5. The lowest BCUT2D eigenvalue weighted by atomic mass is 9.90. The number of rotatable bonds is 25. The van der Waals surface area contributed by atoms with Crippen LogP contribution in [0.15, 0.2) is 108 Å². The number of cyclic esters (lactones) is 1. The number of allylic oxidation sites excluding steroid dienone is 7. The van der Waals surface area contributed by atoms with E-state index in [4.69, 9.17) is 25.8 Å². The molecule has 1 saturated heterocycles. The van der Waals surface area contributed by atoms with Gasteiger partial charge >= 0.3 is 12.1 Å². The fourth-order valence-electron chi connectivity index (χ4n) is 8.18. The minimum Gasteiger partial charge on any atom is -0.508 e. The van der Waals surface area contributed by atoms with Crippen LogP contribution in [0.25, 0.3) is 0 Å². The molecule has 2 aliphatic heterocycles. The number of hydrogen-bond acceptors (Lipinski definition) is 10. The van der Waals surface area contributed by atoms with Gasteiger partial charge in [-0.25, -0.2) is 15.4 Å². The number of carbonyl (C=O) groups is 3. The smallest absolute Gasteiger partial charge is 0.407 e. The SMILES string of the molecule is C/C=C/C1OC(C(/C=C/C=C(\C)CC(C)/C=C(C)\C=C\C2CC=CC(=O)O2)NC(=O)OCC/C(N)=C/N(N)CCC[C@H](CCc2ccc(O)cc2)C(=O)NC(C)CC(C)C)CCC1C. The minimum atomic E-state index is -0.557. The lowest BCUT2D eigenvalue weighted by Crippen LogP contribution is -2.47. The van der Waals surface area contributed by atoms with Gasteiger partial charge in [-0.1, -0.05) is 99.6 Å². The topological polar surface area (TPSA) is 178 Å². The number of esters is 1. The molecule has 1 fully saturated rings. The van der Waals surface area contributed by atoms with E-state index in [9.17, 15) is 19.5 Å². The fourth-order valence-corrected chi connectivity index (χ4v) is 8.18. The van der Waals surface area contributed by atoms with Gasteiger partial charge in [0.2, 0.25) is 5.91 Å². The monoisotopic (exact) mass is 886 g/mol. The molecule has 2 amide bonds. The maximum absolute atomic E-state index is 13.3. The van der Waals surface area contributed by atoms with E-state index in [1.807, 2.05) is 69.4 Å². The van der Waals surface area contributed by atoms with Crippen molar-refractivity contribution in [2.45, 2.75) is 150 Å². The van der Waals surface area contributed by atoms with Crippen LogP contribution in [0, 0.1) is 23.7 Å². The molecule has 3 rings (SSSR count). The number of alkyl carbamates (subject to hydrolysis) is 1. The molecule has 12 nitrogen and oxygen atoms in total. The van der Waals surface area contributed by atoms with E-state index in [-0.39, 0.29) is 60.4 Å². The molecule has 0 radical (unpaired) electrons. The number of nitrogens with one attached hydrogen (secondary N) is 2. The van der Waals surface area contributed by atoms with Gasteiger partial charge in [0.15, 0.2) is 0 Å². The van der Waals surface area contributed by atoms with Crippen molar-refractivity contribution in [2.24, 2.45) is 35.2 Å². The zero-order valence-corrected chi connectivity index (χ0v) is 39.8. The van der Waals surface area contributed by atoms with E-state index in [2.05, 4.69) is 63.5 Å². The van der Waals surface area contributed by atoms with Gasteiger partial charge < -0.3 is 40.7 Å². The molecule has 0 bridgehead atoms. The Bertz CT molecular complexity index is 1810. The highest BCUT2D eigenvalue weighted by atomic mass is 16.6. The predicted octanol–water partition coefficient (Wildman–Crippen LogP) is 9.40. The number of hydrogen-bond donors (Lipinski definition) is 5. The Hall–Kier alpha value is -5.07. The van der Waals surface area contributed by atoms with Crippen LogP contribution in [0.1, 0.15) is 119 Å². The van der Waals surface area contributed by atoms with E-state index >= 15 is 0 Å². The molecule has 1 aromatic rings. The molecule has 0 saturated carbocycles. The first-order valence-electron chi connectivity index (χ1n) is 23.4. The van der Waals surface area contributed by atoms with Crippen LogP contribution < -0.4 is 22.2 Å². The van der Waals surface area contributed by atoms with Crippen molar-refractivity contribution in [3.8, 4) is 5.75 Å². The molecule has 2 aliphatic rings. The van der Waals surface area contributed by atoms with Gasteiger partial charge in [0, 0.05) is 49.3 Å². The molecule has 64 heavy (non-hydrogen) atoms. The molecule has 0 aromatic heterocycles. The van der Waals surface area contributed by atoms with Crippen molar-refractivity contribution in [3.05, 3.63) is 114 Å². The maximum Gasteiger partial charge on any atom is 0.407 e. The van der Waals surface area contributed by atoms with Crippen LogP contribution in [0.5, 0.6) is 5.75 Å². The molecule has 12 heteroatoms. The first-order valence-corrected chi connectivity index (χ1v) is 23.4. The Kier molecular flexibility index (Phi) is 23.9. The van der Waals surface area contributed by atoms with Crippen LogP contribution >= 0.6 is 0 Å². The second kappa shape index (κ2) is 28.7. The number of aryl methyl sites for hydroxylation is 1. The van der Waals surface area contributed by atoms with Gasteiger partial charge in [0.05, 0.1) is 24.9 Å². The zero-order chi connectivity index (χ0) is 47.0. The average Bonchev–Trinajstić information content (AvgIpc) is 3.22. The number of aromatic hydroxyl groups is 1. The Morgan fingerprint density at radius 1 is 1.06 bits per heavy atom. The lowest BCUT2D eigenvalue weighted by Gasteiger charge is -2.36. The van der Waals surface area contributed by atoms with E-state index in [0.717, 1.165) is 43.2 Å². The highest BCUT2D eigenvalue weighted by molar-refractivity contribution is 5.83. The summed E-state index contributed by atoms with van der Waals surface area (Å²) in [7, 11) is 0. The van der Waals surface area contributed by atoms with Gasteiger partial charge in [-0.2, -0.15) is 0 Å². The summed E-state index contributed by atoms with van der Waals surface area (Å²) in [6.07, 6.45) is 27.4. The normalized spacial score (nSPS) is 21.8. The third-order valence-corrected chi connectivity index (χ3v) is 11.4. The van der Waals surface area contributed by atoms with Crippen LogP contribution in [-0.2, 0) is 30.2 Å². The van der Waals surface area contributed by atoms with Crippen molar-refractivity contribution >= 4 is 18.0 Å². The molecule has 354 valence electrons. The number of carbonyl (C=O) groups excluding carboxylic acids is 3. The Labute approximate surface area is 384 Å². The highest BCUT2D eigenvalue weighted by Gasteiger charge is 2.32. The summed E-state index contributed by atoms with van der Waals surface area (Å²) in [6, 6.07) is 6.78. The predicted molar refractivity (Wildman–Crippen MR) is 257 cm³/mol. The summed E-state index contributed by atoms with van der Waals surface area (Å²) >= 11 is 0. The Morgan fingerprint density at radius 3 is 2.52 bits per heavy atom. The number of phenols is 1. The van der Waals surface area contributed by atoms with Crippen LogP contribution in [0.3, 0.4) is 0 Å². The summed E-state index contributed by atoms with van der Waals surface area (Å²) in [4.78, 5) is 38.1. The number of benzene rings is 1. The first kappa shape index (κ1) is 53.3. The van der Waals surface area contributed by atoms with Gasteiger partial charge in [-0.3, -0.25) is 4.79 Å². The molecule has 7 N–H and O–H groups in total. The van der Waals surface area contributed by atoms with E-state index in [1.165, 1.54) is 16.7 Å². The Morgan fingerprint density at radius 2 is 1.81 bits per heavy atom. The maximum atomic E-state index is 13.3. The standard InChI is InChI=1S/C52H79N5O7/c1-9-13-48-40(7)20-28-49(64-48)47(17-10-14-37(4)33-39(6)34-38(5)19-27-46-16-11-18-50(59)63-46)56-52(61)62-31-29-44(53)35-57(54)30-12-15-43(51(60)55-41(8)32-36(2)3)24-21-42-22-25-45(58)26-23-42/h9-11,13-14,17-19,22-23,25-27,34-36,39-41,43,46-49,58H,12,15-16,20-21,24,28-33,53-54H2,1-8H3,(H,55,60)(H,56,61)/b13-9+,17-10+,27-19+,37-14+,38-34-,44-35-/t39?,40?,41?,43-,46?,47?,48?,49?/m1/s1. The van der Waals surface area contributed by atoms with Gasteiger partial charge in [0.25, 0.3) is 0 Å². The van der Waals surface area contributed by atoms with E-state index < -0.39 is 12.1 Å². The number of nitrogens with zero attached hydrogens (tertiary/aromatic N) is 1. The van der Waals surface area contributed by atoms with E-state index in [1.54, 1.807) is 18.3 Å². The average molecular weight is 886 g/mol. The zero-order valence-electron chi connectivity index (χ0n) is 39.8.